The summed E-state index contributed by atoms with van der Waals surface area (Å²) in [6.45, 7) is 4.03. The first-order chi connectivity index (χ1) is 12.2. The molecule has 1 N–H and O–H groups in total. The number of nitrogens with zero attached hydrogens (tertiary/aromatic N) is 4. The maximum Gasteiger partial charge on any atom is 0.230 e. The van der Waals surface area contributed by atoms with E-state index in [9.17, 15) is 4.79 Å². The molecule has 1 aromatic rings. The van der Waals surface area contributed by atoms with Crippen molar-refractivity contribution in [1.29, 1.82) is 0 Å². The van der Waals surface area contributed by atoms with Gasteiger partial charge in [-0.15, -0.1) is 0 Å². The van der Waals surface area contributed by atoms with Gasteiger partial charge in [0.25, 0.3) is 0 Å². The van der Waals surface area contributed by atoms with Crippen molar-refractivity contribution in [1.82, 2.24) is 14.9 Å². The molecule has 3 fully saturated rings. The molecule has 0 unspecified atom stereocenters. The van der Waals surface area contributed by atoms with E-state index in [0.29, 0.717) is 11.9 Å². The van der Waals surface area contributed by atoms with Gasteiger partial charge in [-0.3, -0.25) is 4.79 Å². The van der Waals surface area contributed by atoms with Gasteiger partial charge in [-0.05, 0) is 38.2 Å². The van der Waals surface area contributed by atoms with Crippen LogP contribution in [0.4, 0.5) is 11.8 Å². The lowest BCUT2D eigenvalue weighted by Gasteiger charge is -2.44. The third-order valence-electron chi connectivity index (χ3n) is 5.94. The lowest BCUT2D eigenvalue weighted by Crippen LogP contribution is -2.54. The van der Waals surface area contributed by atoms with Crippen molar-refractivity contribution in [3.63, 3.8) is 0 Å². The molecule has 25 heavy (non-hydrogen) atoms. The highest BCUT2D eigenvalue weighted by Gasteiger charge is 2.50. The van der Waals surface area contributed by atoms with Crippen LogP contribution in [0.25, 0.3) is 0 Å². The summed E-state index contributed by atoms with van der Waals surface area (Å²) in [4.78, 5) is 26.6. The Labute approximate surface area is 148 Å². The van der Waals surface area contributed by atoms with Crippen molar-refractivity contribution in [2.75, 3.05) is 50.1 Å². The second-order valence-corrected chi connectivity index (χ2v) is 7.39. The number of hydrogen-bond donors (Lipinski definition) is 1. The summed E-state index contributed by atoms with van der Waals surface area (Å²) in [5, 5.41) is 3.06. The van der Waals surface area contributed by atoms with Crippen LogP contribution in [0.2, 0.25) is 0 Å². The Kier molecular flexibility index (Phi) is 4.50. The summed E-state index contributed by atoms with van der Waals surface area (Å²) in [5.41, 5.74) is -0.254. The second-order valence-electron chi connectivity index (χ2n) is 7.39. The lowest BCUT2D eigenvalue weighted by atomic mass is 9.77. The highest BCUT2D eigenvalue weighted by atomic mass is 16.5. The topological polar surface area (TPSA) is 70.6 Å². The zero-order valence-electron chi connectivity index (χ0n) is 14.9. The minimum absolute atomic E-state index is 0.254. The van der Waals surface area contributed by atoms with Crippen LogP contribution < -0.4 is 10.2 Å². The Morgan fingerprint density at radius 3 is 2.92 bits per heavy atom. The summed E-state index contributed by atoms with van der Waals surface area (Å²) in [5.74, 6) is 1.88. The SMILES string of the molecule is CNc1ccnc(N2CC[C@]3(CCCN(C4CCOCC4)C3=O)C2)n1. The van der Waals surface area contributed by atoms with E-state index in [4.69, 9.17) is 4.74 Å². The fraction of sp³-hybridized carbons (Fsp3) is 0.722. The first-order valence-electron chi connectivity index (χ1n) is 9.36. The molecule has 3 aliphatic rings. The molecule has 0 aromatic carbocycles. The van der Waals surface area contributed by atoms with Crippen molar-refractivity contribution in [2.24, 2.45) is 5.41 Å². The van der Waals surface area contributed by atoms with Crippen LogP contribution >= 0.6 is 0 Å². The predicted octanol–water partition coefficient (Wildman–Crippen LogP) is 1.52. The summed E-state index contributed by atoms with van der Waals surface area (Å²) in [7, 11) is 1.86. The number of aromatic nitrogens is 2. The molecule has 1 amide bonds. The largest absolute Gasteiger partial charge is 0.381 e. The van der Waals surface area contributed by atoms with E-state index in [0.717, 1.165) is 76.7 Å². The molecule has 1 spiro atoms. The number of anilines is 2. The summed E-state index contributed by atoms with van der Waals surface area (Å²) < 4.78 is 5.47. The van der Waals surface area contributed by atoms with E-state index < -0.39 is 0 Å². The highest BCUT2D eigenvalue weighted by Crippen LogP contribution is 2.42. The maximum atomic E-state index is 13.4. The van der Waals surface area contributed by atoms with Crippen LogP contribution in [0.3, 0.4) is 0 Å². The van der Waals surface area contributed by atoms with Crippen LogP contribution in [0, 0.1) is 5.41 Å². The van der Waals surface area contributed by atoms with E-state index in [1.165, 1.54) is 0 Å². The van der Waals surface area contributed by atoms with E-state index in [-0.39, 0.29) is 5.41 Å². The summed E-state index contributed by atoms with van der Waals surface area (Å²) in [6, 6.07) is 2.21. The minimum atomic E-state index is -0.254. The second kappa shape index (κ2) is 6.78. The molecule has 4 heterocycles. The molecule has 1 atom stereocenters. The van der Waals surface area contributed by atoms with Crippen LogP contribution in [-0.2, 0) is 9.53 Å². The van der Waals surface area contributed by atoms with Crippen LogP contribution in [0.1, 0.15) is 32.1 Å². The van der Waals surface area contributed by atoms with Gasteiger partial charge in [0.15, 0.2) is 0 Å². The van der Waals surface area contributed by atoms with Crippen molar-refractivity contribution >= 4 is 17.7 Å². The number of nitrogens with one attached hydrogen (secondary N) is 1. The van der Waals surface area contributed by atoms with Crippen molar-refractivity contribution < 1.29 is 9.53 Å². The summed E-state index contributed by atoms with van der Waals surface area (Å²) >= 11 is 0. The molecule has 0 aliphatic carbocycles. The zero-order valence-corrected chi connectivity index (χ0v) is 14.9. The van der Waals surface area contributed by atoms with Crippen molar-refractivity contribution in [3.05, 3.63) is 12.3 Å². The monoisotopic (exact) mass is 345 g/mol. The van der Waals surface area contributed by atoms with Crippen molar-refractivity contribution in [3.8, 4) is 0 Å². The van der Waals surface area contributed by atoms with Crippen LogP contribution in [0.15, 0.2) is 12.3 Å². The Hall–Kier alpha value is -1.89. The van der Waals surface area contributed by atoms with E-state index in [1.807, 2.05) is 13.1 Å². The van der Waals surface area contributed by atoms with Crippen LogP contribution in [0.5, 0.6) is 0 Å². The molecule has 0 radical (unpaired) electrons. The molecule has 3 aliphatic heterocycles. The first kappa shape index (κ1) is 16.6. The molecule has 1 aromatic heterocycles. The van der Waals surface area contributed by atoms with Gasteiger partial charge in [0.1, 0.15) is 5.82 Å². The number of piperidine rings is 1. The van der Waals surface area contributed by atoms with Gasteiger partial charge in [-0.1, -0.05) is 0 Å². The Balaban J connectivity index is 1.50. The molecule has 136 valence electrons. The lowest BCUT2D eigenvalue weighted by molar-refractivity contribution is -0.149. The van der Waals surface area contributed by atoms with Crippen LogP contribution in [-0.4, -0.2) is 66.7 Å². The first-order valence-corrected chi connectivity index (χ1v) is 9.36. The molecule has 4 rings (SSSR count). The normalized spacial score (nSPS) is 28.0. The fourth-order valence-corrected chi connectivity index (χ4v) is 4.51. The van der Waals surface area contributed by atoms with Gasteiger partial charge in [0.05, 0.1) is 5.41 Å². The van der Waals surface area contributed by atoms with Gasteiger partial charge in [0.2, 0.25) is 11.9 Å². The molecule has 0 bridgehead atoms. The number of carbonyl (C=O) groups is 1. The molecule has 3 saturated heterocycles. The number of hydrogen-bond acceptors (Lipinski definition) is 6. The average Bonchev–Trinajstić information content (AvgIpc) is 3.10. The Morgan fingerprint density at radius 1 is 1.28 bits per heavy atom. The van der Waals surface area contributed by atoms with E-state index in [2.05, 4.69) is 25.1 Å². The van der Waals surface area contributed by atoms with Gasteiger partial charge in [-0.2, -0.15) is 4.98 Å². The zero-order chi connectivity index (χ0) is 17.3. The smallest absolute Gasteiger partial charge is 0.230 e. The van der Waals surface area contributed by atoms with E-state index >= 15 is 0 Å². The number of rotatable bonds is 3. The van der Waals surface area contributed by atoms with E-state index in [1.54, 1.807) is 6.20 Å². The molecule has 0 saturated carbocycles. The number of carbonyl (C=O) groups excluding carboxylic acids is 1. The Morgan fingerprint density at radius 2 is 2.12 bits per heavy atom. The third kappa shape index (κ3) is 3.05. The minimum Gasteiger partial charge on any atom is -0.381 e. The van der Waals surface area contributed by atoms with Gasteiger partial charge in [-0.25, -0.2) is 4.98 Å². The molecular formula is C18H27N5O2. The molecular weight excluding hydrogens is 318 g/mol. The number of ether oxygens (including phenoxy) is 1. The van der Waals surface area contributed by atoms with Gasteiger partial charge in [0, 0.05) is 52.1 Å². The third-order valence-corrected chi connectivity index (χ3v) is 5.94. The molecule has 7 nitrogen and oxygen atoms in total. The maximum absolute atomic E-state index is 13.4. The summed E-state index contributed by atoms with van der Waals surface area (Å²) in [6.07, 6.45) is 6.69. The molecule has 7 heteroatoms. The average molecular weight is 345 g/mol. The predicted molar refractivity (Wildman–Crippen MR) is 95.6 cm³/mol. The van der Waals surface area contributed by atoms with Gasteiger partial charge >= 0.3 is 0 Å². The Bertz CT molecular complexity index is 634. The number of likely N-dealkylation sites (tertiary alicyclic amines) is 1. The standard InChI is InChI=1S/C18H27N5O2/c1-19-15-3-8-20-17(21-15)22-10-7-18(13-22)6-2-9-23(16(18)24)14-4-11-25-12-5-14/h3,8,14H,2,4-7,9-13H2,1H3,(H,19,20,21)/t18-/m1/s1. The fourth-order valence-electron chi connectivity index (χ4n) is 4.51. The van der Waals surface area contributed by atoms with Gasteiger partial charge < -0.3 is 19.9 Å². The highest BCUT2D eigenvalue weighted by molar-refractivity contribution is 5.85. The quantitative estimate of drug-likeness (QED) is 0.896. The van der Waals surface area contributed by atoms with Crippen molar-refractivity contribution in [2.45, 2.75) is 38.1 Å². The number of amides is 1.